The number of amides is 2. The number of piperidine rings is 1. The maximum absolute atomic E-state index is 12.3. The number of pyridine rings is 1. The van der Waals surface area contributed by atoms with E-state index in [1.807, 2.05) is 52.0 Å². The van der Waals surface area contributed by atoms with Crippen molar-refractivity contribution in [2.75, 3.05) is 18.4 Å². The molecule has 1 fully saturated rings. The van der Waals surface area contributed by atoms with Crippen LogP contribution in [0.4, 0.5) is 10.5 Å². The zero-order valence-corrected chi connectivity index (χ0v) is 20.1. The van der Waals surface area contributed by atoms with E-state index in [-0.39, 0.29) is 12.1 Å². The van der Waals surface area contributed by atoms with Crippen LogP contribution < -0.4 is 11.1 Å². The first-order valence-corrected chi connectivity index (χ1v) is 11.5. The number of nitrogens with zero attached hydrogens (tertiary/aromatic N) is 3. The topological polar surface area (TPSA) is 124 Å². The van der Waals surface area contributed by atoms with Crippen molar-refractivity contribution in [3.05, 3.63) is 53.2 Å². The van der Waals surface area contributed by atoms with Crippen LogP contribution in [0.15, 0.2) is 34.9 Å². The minimum Gasteiger partial charge on any atom is -0.444 e. The van der Waals surface area contributed by atoms with Gasteiger partial charge in [0.2, 0.25) is 0 Å². The summed E-state index contributed by atoms with van der Waals surface area (Å²) in [4.78, 5) is 34.8. The highest BCUT2D eigenvalue weighted by atomic mass is 16.6. The number of hydrogen-bond acceptors (Lipinski definition) is 7. The van der Waals surface area contributed by atoms with Crippen molar-refractivity contribution in [2.45, 2.75) is 58.6 Å². The Labute approximate surface area is 198 Å². The summed E-state index contributed by atoms with van der Waals surface area (Å²) in [5.41, 5.74) is 9.46. The van der Waals surface area contributed by atoms with Gasteiger partial charge in [-0.25, -0.2) is 9.78 Å². The second kappa shape index (κ2) is 9.32. The van der Waals surface area contributed by atoms with Gasteiger partial charge < -0.3 is 25.1 Å². The van der Waals surface area contributed by atoms with Crippen molar-refractivity contribution in [3.8, 4) is 0 Å². The lowest BCUT2D eigenvalue weighted by Gasteiger charge is -2.34. The van der Waals surface area contributed by atoms with Crippen molar-refractivity contribution in [2.24, 2.45) is 5.73 Å². The van der Waals surface area contributed by atoms with Gasteiger partial charge in [-0.05, 0) is 57.4 Å². The van der Waals surface area contributed by atoms with Crippen LogP contribution in [0.5, 0.6) is 0 Å². The largest absolute Gasteiger partial charge is 0.444 e. The molecular weight excluding hydrogens is 434 g/mol. The number of aromatic nitrogens is 2. The molecule has 1 aliphatic rings. The molecule has 0 atom stereocenters. The second-order valence-electron chi connectivity index (χ2n) is 9.68. The molecule has 9 nitrogen and oxygen atoms in total. The third-order valence-electron chi connectivity index (χ3n) is 5.68. The third kappa shape index (κ3) is 5.65. The van der Waals surface area contributed by atoms with Crippen LogP contribution in [0.3, 0.4) is 0 Å². The van der Waals surface area contributed by atoms with Crippen molar-refractivity contribution < 1.29 is 18.7 Å². The van der Waals surface area contributed by atoms with Gasteiger partial charge in [0.15, 0.2) is 11.5 Å². The van der Waals surface area contributed by atoms with Gasteiger partial charge in [0.05, 0.1) is 11.3 Å². The summed E-state index contributed by atoms with van der Waals surface area (Å²) in [5.74, 6) is 0.0894. The van der Waals surface area contributed by atoms with Gasteiger partial charge >= 0.3 is 6.09 Å². The summed E-state index contributed by atoms with van der Waals surface area (Å²) in [5, 5.41) is 3.45. The number of aryl methyl sites for hydroxylation is 1. The van der Waals surface area contributed by atoms with Gasteiger partial charge in [0.1, 0.15) is 11.1 Å². The normalized spacial score (nSPS) is 14.9. The minimum atomic E-state index is -0.536. The monoisotopic (exact) mass is 465 g/mol. The number of rotatable bonds is 5. The number of benzene rings is 1. The van der Waals surface area contributed by atoms with E-state index in [0.717, 1.165) is 35.2 Å². The Morgan fingerprint density at radius 1 is 1.24 bits per heavy atom. The number of nitrogens with one attached hydrogen (secondary N) is 1. The van der Waals surface area contributed by atoms with E-state index in [1.54, 1.807) is 4.90 Å². The number of hydrogen-bond donors (Lipinski definition) is 2. The molecule has 2 aromatic heterocycles. The SMILES string of the molecule is Cc1nc2ccc(Cc3cc(NC4CCN(C(=O)OC(C)(C)C)CC4)c(C(N)=O)cn3)cc2o1. The number of likely N-dealkylation sites (tertiary alicyclic amines) is 1. The van der Waals surface area contributed by atoms with Crippen LogP contribution in [-0.4, -0.2) is 51.6 Å². The van der Waals surface area contributed by atoms with E-state index >= 15 is 0 Å². The number of nitrogens with two attached hydrogens (primary N) is 1. The zero-order chi connectivity index (χ0) is 24.5. The van der Waals surface area contributed by atoms with Gasteiger partial charge in [0.25, 0.3) is 5.91 Å². The molecule has 0 saturated carbocycles. The minimum absolute atomic E-state index is 0.0977. The lowest BCUT2D eigenvalue weighted by Crippen LogP contribution is -2.44. The number of oxazole rings is 1. The molecule has 0 unspecified atom stereocenters. The van der Waals surface area contributed by atoms with E-state index in [4.69, 9.17) is 14.9 Å². The number of carbonyl (C=O) groups excluding carboxylic acids is 2. The van der Waals surface area contributed by atoms with Crippen LogP contribution in [0, 0.1) is 6.92 Å². The molecule has 9 heteroatoms. The van der Waals surface area contributed by atoms with Gasteiger partial charge in [-0.3, -0.25) is 9.78 Å². The third-order valence-corrected chi connectivity index (χ3v) is 5.68. The molecule has 0 radical (unpaired) electrons. The second-order valence-corrected chi connectivity index (χ2v) is 9.68. The predicted molar refractivity (Wildman–Crippen MR) is 129 cm³/mol. The lowest BCUT2D eigenvalue weighted by atomic mass is 10.0. The molecular formula is C25H31N5O4. The number of fused-ring (bicyclic) bond motifs is 1. The Balaban J connectivity index is 1.45. The molecule has 1 aliphatic heterocycles. The zero-order valence-electron chi connectivity index (χ0n) is 20.1. The number of anilines is 1. The Morgan fingerprint density at radius 3 is 2.65 bits per heavy atom. The smallest absolute Gasteiger partial charge is 0.410 e. The molecule has 0 aliphatic carbocycles. The maximum atomic E-state index is 12.3. The van der Waals surface area contributed by atoms with E-state index in [2.05, 4.69) is 15.3 Å². The molecule has 0 spiro atoms. The number of carbonyl (C=O) groups is 2. The summed E-state index contributed by atoms with van der Waals surface area (Å²) >= 11 is 0. The quantitative estimate of drug-likeness (QED) is 0.583. The molecule has 0 bridgehead atoms. The Hall–Kier alpha value is -3.62. The molecule has 34 heavy (non-hydrogen) atoms. The Kier molecular flexibility index (Phi) is 6.45. The van der Waals surface area contributed by atoms with E-state index in [0.29, 0.717) is 36.7 Å². The van der Waals surface area contributed by atoms with Crippen LogP contribution in [0.2, 0.25) is 0 Å². The highest BCUT2D eigenvalue weighted by Gasteiger charge is 2.27. The first-order valence-electron chi connectivity index (χ1n) is 11.5. The van der Waals surface area contributed by atoms with E-state index in [9.17, 15) is 9.59 Å². The van der Waals surface area contributed by atoms with Crippen molar-refractivity contribution in [3.63, 3.8) is 0 Å². The van der Waals surface area contributed by atoms with Crippen molar-refractivity contribution in [1.82, 2.24) is 14.9 Å². The molecule has 4 rings (SSSR count). The van der Waals surface area contributed by atoms with Gasteiger partial charge in [-0.15, -0.1) is 0 Å². The predicted octanol–water partition coefficient (Wildman–Crippen LogP) is 4.03. The van der Waals surface area contributed by atoms with Crippen LogP contribution in [0.25, 0.3) is 11.1 Å². The Morgan fingerprint density at radius 2 is 1.97 bits per heavy atom. The molecule has 3 N–H and O–H groups in total. The van der Waals surface area contributed by atoms with Crippen molar-refractivity contribution >= 4 is 28.8 Å². The number of ether oxygens (including phenoxy) is 1. The van der Waals surface area contributed by atoms with E-state index in [1.165, 1.54) is 6.20 Å². The molecule has 1 aromatic carbocycles. The summed E-state index contributed by atoms with van der Waals surface area (Å²) in [6.07, 6.45) is 3.26. The molecule has 3 aromatic rings. The first-order chi connectivity index (χ1) is 16.1. The lowest BCUT2D eigenvalue weighted by molar-refractivity contribution is 0.0210. The average molecular weight is 466 g/mol. The first kappa shape index (κ1) is 23.5. The fourth-order valence-corrected chi connectivity index (χ4v) is 4.07. The maximum Gasteiger partial charge on any atom is 0.410 e. The molecule has 1 saturated heterocycles. The molecule has 2 amide bonds. The van der Waals surface area contributed by atoms with Crippen LogP contribution in [0.1, 0.15) is 61.1 Å². The fraction of sp³-hybridized carbons (Fsp3) is 0.440. The molecule has 180 valence electrons. The van der Waals surface area contributed by atoms with Gasteiger partial charge in [-0.2, -0.15) is 0 Å². The highest BCUT2D eigenvalue weighted by molar-refractivity contribution is 5.98. The van der Waals surface area contributed by atoms with Crippen LogP contribution >= 0.6 is 0 Å². The number of primary amides is 1. The molecule has 3 heterocycles. The summed E-state index contributed by atoms with van der Waals surface area (Å²) in [6.45, 7) is 8.54. The van der Waals surface area contributed by atoms with E-state index < -0.39 is 11.5 Å². The van der Waals surface area contributed by atoms with Crippen molar-refractivity contribution in [1.29, 1.82) is 0 Å². The highest BCUT2D eigenvalue weighted by Crippen LogP contribution is 2.24. The summed E-state index contributed by atoms with van der Waals surface area (Å²) in [6, 6.07) is 7.85. The van der Waals surface area contributed by atoms with Crippen LogP contribution in [-0.2, 0) is 11.2 Å². The Bertz CT molecular complexity index is 1210. The van der Waals surface area contributed by atoms with Gasteiger partial charge in [-0.1, -0.05) is 6.07 Å². The average Bonchev–Trinajstić information content (AvgIpc) is 3.12. The fourth-order valence-electron chi connectivity index (χ4n) is 4.07. The standard InChI is InChI=1S/C25H31N5O4/c1-15-28-20-6-5-16(12-22(20)33-15)11-18-13-21(19(14-27-18)23(26)31)29-17-7-9-30(10-8-17)24(32)34-25(2,3)4/h5-6,12-14,17H,7-11H2,1-4H3,(H2,26,31)(H,27,29). The summed E-state index contributed by atoms with van der Waals surface area (Å²) in [7, 11) is 0. The van der Waals surface area contributed by atoms with Gasteiger partial charge in [0, 0.05) is 44.4 Å². The summed E-state index contributed by atoms with van der Waals surface area (Å²) < 4.78 is 11.1.